The number of allylic oxidation sites excluding steroid dienone is 1. The van der Waals surface area contributed by atoms with Crippen LogP contribution in [0.25, 0.3) is 17.0 Å². The summed E-state index contributed by atoms with van der Waals surface area (Å²) in [6.07, 6.45) is 4.04. The maximum atomic E-state index is 13.2. The fourth-order valence-electron chi connectivity index (χ4n) is 4.65. The van der Waals surface area contributed by atoms with Crippen LogP contribution in [0.2, 0.25) is 0 Å². The van der Waals surface area contributed by atoms with Gasteiger partial charge in [-0.1, -0.05) is 23.4 Å². The summed E-state index contributed by atoms with van der Waals surface area (Å²) in [6.45, 7) is 7.35. The number of aryl methyl sites for hydroxylation is 2. The van der Waals surface area contributed by atoms with Gasteiger partial charge in [0.05, 0.1) is 24.3 Å². The Morgan fingerprint density at radius 3 is 2.60 bits per heavy atom. The van der Waals surface area contributed by atoms with E-state index in [4.69, 9.17) is 14.2 Å². The first kappa shape index (κ1) is 23.6. The summed E-state index contributed by atoms with van der Waals surface area (Å²) in [6, 6.07) is 13.8. The van der Waals surface area contributed by atoms with E-state index in [0.717, 1.165) is 47.4 Å². The molecule has 2 aromatic carbocycles. The van der Waals surface area contributed by atoms with Crippen LogP contribution in [-0.2, 0) is 4.74 Å². The molecule has 1 N–H and O–H groups in total. The Morgan fingerprint density at radius 2 is 1.91 bits per heavy atom. The minimum Gasteiger partial charge on any atom is -0.376 e. The van der Waals surface area contributed by atoms with Gasteiger partial charge in [-0.2, -0.15) is 4.98 Å². The summed E-state index contributed by atoms with van der Waals surface area (Å²) in [5.41, 5.74) is 5.85. The van der Waals surface area contributed by atoms with Crippen molar-refractivity contribution in [1.82, 2.24) is 20.4 Å². The van der Waals surface area contributed by atoms with Crippen molar-refractivity contribution in [2.75, 3.05) is 19.4 Å². The number of nitrogens with zero attached hydrogens (tertiary/aromatic N) is 3. The highest BCUT2D eigenvalue weighted by Crippen LogP contribution is 2.38. The van der Waals surface area contributed by atoms with Crippen molar-refractivity contribution in [1.29, 1.82) is 0 Å². The maximum Gasteiger partial charge on any atom is 0.322 e. The van der Waals surface area contributed by atoms with Gasteiger partial charge in [-0.25, -0.2) is 4.79 Å². The first-order valence-electron chi connectivity index (χ1n) is 11.9. The van der Waals surface area contributed by atoms with Crippen LogP contribution >= 0.6 is 11.8 Å². The van der Waals surface area contributed by atoms with Crippen molar-refractivity contribution < 1.29 is 14.1 Å². The van der Waals surface area contributed by atoms with E-state index in [1.807, 2.05) is 37.4 Å². The van der Waals surface area contributed by atoms with Gasteiger partial charge < -0.3 is 14.6 Å². The van der Waals surface area contributed by atoms with Crippen molar-refractivity contribution in [3.05, 3.63) is 70.7 Å². The van der Waals surface area contributed by atoms with Crippen LogP contribution in [-0.4, -0.2) is 46.6 Å². The van der Waals surface area contributed by atoms with E-state index in [1.165, 1.54) is 10.5 Å². The van der Waals surface area contributed by atoms with Gasteiger partial charge in [0.1, 0.15) is 0 Å². The quantitative estimate of drug-likeness (QED) is 0.443. The Balaban J connectivity index is 1.56. The van der Waals surface area contributed by atoms with Gasteiger partial charge in [0.2, 0.25) is 5.82 Å². The van der Waals surface area contributed by atoms with Crippen molar-refractivity contribution in [2.45, 2.75) is 50.7 Å². The normalized spacial score (nSPS) is 20.5. The SMILES string of the molecule is CSc1ccc(-c2noc(C3=C(C)N(CC4CCCO4)C(=O)NC3c3ccc(C)c(C)c3)n2)cc1. The molecule has 0 spiro atoms. The van der Waals surface area contributed by atoms with Crippen LogP contribution in [0.4, 0.5) is 4.79 Å². The predicted octanol–water partition coefficient (Wildman–Crippen LogP) is 5.75. The molecule has 1 saturated heterocycles. The standard InChI is InChI=1S/C27H30N4O3S/c1-16-7-8-20(14-17(16)2)24-23(18(3)31(27(32)28-24)15-21-6-5-13-33-21)26-29-25(30-34-26)19-9-11-22(35-4)12-10-19/h7-12,14,21,24H,5-6,13,15H2,1-4H3,(H,28,32). The third-order valence-corrected chi connectivity index (χ3v) is 7.62. The summed E-state index contributed by atoms with van der Waals surface area (Å²) in [4.78, 5) is 20.9. The topological polar surface area (TPSA) is 80.5 Å². The molecule has 0 radical (unpaired) electrons. The molecule has 1 aromatic heterocycles. The summed E-state index contributed by atoms with van der Waals surface area (Å²) < 4.78 is 11.6. The number of carbonyl (C=O) groups excluding carboxylic acids is 1. The first-order valence-corrected chi connectivity index (χ1v) is 13.1. The van der Waals surface area contributed by atoms with Crippen LogP contribution in [0, 0.1) is 13.8 Å². The largest absolute Gasteiger partial charge is 0.376 e. The lowest BCUT2D eigenvalue weighted by Gasteiger charge is -2.36. The maximum absolute atomic E-state index is 13.2. The van der Waals surface area contributed by atoms with Crippen molar-refractivity contribution >= 4 is 23.4 Å². The number of urea groups is 1. The highest BCUT2D eigenvalue weighted by atomic mass is 32.2. The Bertz CT molecular complexity index is 1260. The molecule has 2 unspecified atom stereocenters. The van der Waals surface area contributed by atoms with Crippen LogP contribution in [0.15, 0.2) is 57.6 Å². The molecule has 8 heteroatoms. The van der Waals surface area contributed by atoms with Gasteiger partial charge in [0.25, 0.3) is 5.89 Å². The van der Waals surface area contributed by atoms with Crippen molar-refractivity contribution in [3.8, 4) is 11.4 Å². The van der Waals surface area contributed by atoms with E-state index in [-0.39, 0.29) is 12.1 Å². The van der Waals surface area contributed by atoms with E-state index in [1.54, 1.807) is 16.7 Å². The third-order valence-electron chi connectivity index (χ3n) is 6.88. The summed E-state index contributed by atoms with van der Waals surface area (Å²) in [7, 11) is 0. The molecular formula is C27H30N4O3S. The Labute approximate surface area is 209 Å². The molecule has 1 fully saturated rings. The smallest absolute Gasteiger partial charge is 0.322 e. The van der Waals surface area contributed by atoms with E-state index in [0.29, 0.717) is 18.3 Å². The minimum absolute atomic E-state index is 0.0308. The van der Waals surface area contributed by atoms with Crippen LogP contribution in [0.3, 0.4) is 0 Å². The molecular weight excluding hydrogens is 460 g/mol. The van der Waals surface area contributed by atoms with Gasteiger partial charge in [-0.3, -0.25) is 4.90 Å². The highest BCUT2D eigenvalue weighted by molar-refractivity contribution is 7.98. The van der Waals surface area contributed by atoms with E-state index in [2.05, 4.69) is 42.5 Å². The van der Waals surface area contributed by atoms with Gasteiger partial charge in [0, 0.05) is 22.8 Å². The lowest BCUT2D eigenvalue weighted by molar-refractivity contribution is 0.0877. The van der Waals surface area contributed by atoms with Gasteiger partial charge in [-0.05, 0) is 80.8 Å². The fourth-order valence-corrected chi connectivity index (χ4v) is 5.06. The van der Waals surface area contributed by atoms with Crippen LogP contribution in [0.5, 0.6) is 0 Å². The second kappa shape index (κ2) is 9.87. The molecule has 3 aromatic rings. The second-order valence-corrected chi connectivity index (χ2v) is 10.0. The van der Waals surface area contributed by atoms with E-state index in [9.17, 15) is 4.79 Å². The fraction of sp³-hybridized carbons (Fsp3) is 0.370. The summed E-state index contributed by atoms with van der Waals surface area (Å²) in [5.74, 6) is 0.932. The third kappa shape index (κ3) is 4.73. The molecule has 35 heavy (non-hydrogen) atoms. The first-order chi connectivity index (χ1) is 16.9. The molecule has 2 aliphatic heterocycles. The van der Waals surface area contributed by atoms with Crippen LogP contribution < -0.4 is 5.32 Å². The number of nitrogens with one attached hydrogen (secondary N) is 1. The zero-order chi connectivity index (χ0) is 24.5. The average molecular weight is 491 g/mol. The molecule has 2 aliphatic rings. The predicted molar refractivity (Wildman–Crippen MR) is 137 cm³/mol. The number of benzene rings is 2. The average Bonchev–Trinajstić information content (AvgIpc) is 3.56. The molecule has 0 saturated carbocycles. The minimum atomic E-state index is -0.394. The second-order valence-electron chi connectivity index (χ2n) is 9.12. The lowest BCUT2D eigenvalue weighted by Crippen LogP contribution is -2.48. The number of aromatic nitrogens is 2. The zero-order valence-corrected chi connectivity index (χ0v) is 21.3. The monoisotopic (exact) mass is 490 g/mol. The highest BCUT2D eigenvalue weighted by Gasteiger charge is 2.37. The molecule has 2 atom stereocenters. The van der Waals surface area contributed by atoms with E-state index < -0.39 is 6.04 Å². The number of carbonyl (C=O) groups is 1. The molecule has 7 nitrogen and oxygen atoms in total. The Kier molecular flexibility index (Phi) is 6.67. The molecule has 0 aliphatic carbocycles. The lowest BCUT2D eigenvalue weighted by atomic mass is 9.92. The molecule has 182 valence electrons. The number of hydrogen-bond donors (Lipinski definition) is 1. The number of amides is 2. The van der Waals surface area contributed by atoms with Gasteiger partial charge in [0.15, 0.2) is 0 Å². The van der Waals surface area contributed by atoms with E-state index >= 15 is 0 Å². The number of ether oxygens (including phenoxy) is 1. The molecule has 5 rings (SSSR count). The molecule has 0 bridgehead atoms. The summed E-state index contributed by atoms with van der Waals surface area (Å²) in [5, 5.41) is 7.47. The Morgan fingerprint density at radius 1 is 1.11 bits per heavy atom. The summed E-state index contributed by atoms with van der Waals surface area (Å²) >= 11 is 1.69. The van der Waals surface area contributed by atoms with Gasteiger partial charge >= 0.3 is 6.03 Å². The van der Waals surface area contributed by atoms with Crippen molar-refractivity contribution in [3.63, 3.8) is 0 Å². The number of thioether (sulfide) groups is 1. The molecule has 3 heterocycles. The Hall–Kier alpha value is -3.10. The number of hydrogen-bond acceptors (Lipinski definition) is 6. The van der Waals surface area contributed by atoms with Crippen molar-refractivity contribution in [2.24, 2.45) is 0 Å². The zero-order valence-electron chi connectivity index (χ0n) is 20.5. The number of rotatable bonds is 6. The van der Waals surface area contributed by atoms with Gasteiger partial charge in [-0.15, -0.1) is 11.8 Å². The van der Waals surface area contributed by atoms with Crippen LogP contribution in [0.1, 0.15) is 48.4 Å². The molecule has 2 amide bonds.